The van der Waals surface area contributed by atoms with Crippen LogP contribution in [0, 0.1) is 0 Å². The van der Waals surface area contributed by atoms with Gasteiger partial charge in [0.2, 0.25) is 0 Å². The molecule has 0 aromatic carbocycles. The number of hydrogen-bond acceptors (Lipinski definition) is 3. The van der Waals surface area contributed by atoms with E-state index in [1.54, 1.807) is 0 Å². The highest BCUT2D eigenvalue weighted by molar-refractivity contribution is 6.74. The Morgan fingerprint density at radius 3 is 2.35 bits per heavy atom. The lowest BCUT2D eigenvalue weighted by Gasteiger charge is -2.35. The second kappa shape index (κ2) is 7.39. The first-order valence-electron chi connectivity index (χ1n) is 8.64. The molecule has 0 aromatic rings. The van der Waals surface area contributed by atoms with Crippen LogP contribution < -0.4 is 0 Å². The number of rotatable bonds is 4. The van der Waals surface area contributed by atoms with Crippen LogP contribution in [0.4, 0.5) is 4.79 Å². The van der Waals surface area contributed by atoms with Crippen LogP contribution in [0.15, 0.2) is 12.2 Å². The number of carbonyl (C=O) groups is 1. The van der Waals surface area contributed by atoms with E-state index in [0.29, 0.717) is 6.61 Å². The highest BCUT2D eigenvalue weighted by Crippen LogP contribution is 2.36. The molecule has 4 nitrogen and oxygen atoms in total. The van der Waals surface area contributed by atoms with Gasteiger partial charge in [-0.05, 0) is 51.7 Å². The van der Waals surface area contributed by atoms with E-state index in [1.165, 1.54) is 0 Å². The minimum Gasteiger partial charge on any atom is -0.444 e. The molecular formula is C18H35NO3Si. The zero-order chi connectivity index (χ0) is 17.9. The van der Waals surface area contributed by atoms with E-state index in [9.17, 15) is 4.79 Å². The molecule has 0 aromatic heterocycles. The van der Waals surface area contributed by atoms with Crippen molar-refractivity contribution in [3.63, 3.8) is 0 Å². The minimum absolute atomic E-state index is 0.132. The second-order valence-corrected chi connectivity index (χ2v) is 13.7. The van der Waals surface area contributed by atoms with Crippen LogP contribution in [-0.2, 0) is 9.16 Å². The maximum atomic E-state index is 12.2. The Labute approximate surface area is 143 Å². The van der Waals surface area contributed by atoms with E-state index in [1.807, 2.05) is 25.7 Å². The molecular weight excluding hydrogens is 306 g/mol. The second-order valence-electron chi connectivity index (χ2n) is 8.88. The third-order valence-corrected chi connectivity index (χ3v) is 9.13. The van der Waals surface area contributed by atoms with Gasteiger partial charge in [-0.3, -0.25) is 0 Å². The standard InChI is InChI=1S/C18H35NO3Si/c1-17(2,3)22-16(20)19-13-9-11-15(19)12-10-14-21-23(7,8)18(4,5)6/h10,12,15H,9,11,13-14H2,1-8H3/b12-10-/t15-/m1/s1. The van der Waals surface area contributed by atoms with Crippen LogP contribution in [0.2, 0.25) is 18.1 Å². The predicted molar refractivity (Wildman–Crippen MR) is 98.3 cm³/mol. The van der Waals surface area contributed by atoms with Gasteiger partial charge in [0.1, 0.15) is 5.60 Å². The lowest BCUT2D eigenvalue weighted by Crippen LogP contribution is -2.41. The number of likely N-dealkylation sites (tertiary alicyclic amines) is 1. The molecule has 1 fully saturated rings. The van der Waals surface area contributed by atoms with Gasteiger partial charge < -0.3 is 14.1 Å². The third kappa shape index (κ3) is 6.30. The third-order valence-electron chi connectivity index (χ3n) is 4.63. The number of amides is 1. The summed E-state index contributed by atoms with van der Waals surface area (Å²) >= 11 is 0. The number of hydrogen-bond donors (Lipinski definition) is 0. The zero-order valence-corrected chi connectivity index (χ0v) is 17.2. The topological polar surface area (TPSA) is 38.8 Å². The summed E-state index contributed by atoms with van der Waals surface area (Å²) in [5, 5.41) is 0.219. The molecule has 1 aliphatic rings. The van der Waals surface area contributed by atoms with Gasteiger partial charge in [-0.15, -0.1) is 0 Å². The van der Waals surface area contributed by atoms with Gasteiger partial charge in [-0.25, -0.2) is 4.79 Å². The number of carbonyl (C=O) groups excluding carboxylic acids is 1. The predicted octanol–water partition coefficient (Wildman–Crippen LogP) is 4.96. The molecule has 0 spiro atoms. The molecule has 5 heteroatoms. The molecule has 1 amide bonds. The van der Waals surface area contributed by atoms with E-state index in [-0.39, 0.29) is 17.2 Å². The summed E-state index contributed by atoms with van der Waals surface area (Å²) in [7, 11) is -1.71. The van der Waals surface area contributed by atoms with Crippen molar-refractivity contribution < 1.29 is 14.0 Å². The summed E-state index contributed by atoms with van der Waals surface area (Å²) in [4.78, 5) is 14.1. The zero-order valence-electron chi connectivity index (χ0n) is 16.2. The van der Waals surface area contributed by atoms with Gasteiger partial charge in [0.25, 0.3) is 0 Å². The van der Waals surface area contributed by atoms with E-state index in [0.717, 1.165) is 19.4 Å². The fourth-order valence-corrected chi connectivity index (χ4v) is 3.17. The maximum absolute atomic E-state index is 12.2. The Bertz CT molecular complexity index is 433. The van der Waals surface area contributed by atoms with Gasteiger partial charge in [-0.2, -0.15) is 0 Å². The van der Waals surface area contributed by atoms with Crippen molar-refractivity contribution in [2.45, 2.75) is 84.2 Å². The molecule has 0 N–H and O–H groups in total. The van der Waals surface area contributed by atoms with Crippen molar-refractivity contribution in [3.05, 3.63) is 12.2 Å². The molecule has 1 saturated heterocycles. The Hall–Kier alpha value is -0.813. The highest BCUT2D eigenvalue weighted by Gasteiger charge is 2.36. The summed E-state index contributed by atoms with van der Waals surface area (Å²) in [6.45, 7) is 18.3. The van der Waals surface area contributed by atoms with Crippen LogP contribution in [0.3, 0.4) is 0 Å². The molecule has 1 rings (SSSR count). The molecule has 0 unspecified atom stereocenters. The summed E-state index contributed by atoms with van der Waals surface area (Å²) in [5.41, 5.74) is -0.445. The Kier molecular flexibility index (Phi) is 6.50. The SMILES string of the molecule is CC(C)(C)OC(=O)N1CCC[C@@H]1/C=C\CO[Si](C)(C)C(C)(C)C. The normalized spacial score (nSPS) is 20.3. The molecule has 134 valence electrons. The Morgan fingerprint density at radius 2 is 1.83 bits per heavy atom. The Balaban J connectivity index is 2.54. The van der Waals surface area contributed by atoms with Gasteiger partial charge in [-0.1, -0.05) is 32.9 Å². The molecule has 0 radical (unpaired) electrons. The molecule has 0 saturated carbocycles. The smallest absolute Gasteiger partial charge is 0.410 e. The first-order valence-corrected chi connectivity index (χ1v) is 11.5. The molecule has 1 aliphatic heterocycles. The number of ether oxygens (including phenoxy) is 1. The van der Waals surface area contributed by atoms with E-state index in [4.69, 9.17) is 9.16 Å². The first-order chi connectivity index (χ1) is 10.3. The summed E-state index contributed by atoms with van der Waals surface area (Å²) < 4.78 is 11.6. The van der Waals surface area contributed by atoms with Crippen LogP contribution in [0.5, 0.6) is 0 Å². The van der Waals surface area contributed by atoms with E-state index < -0.39 is 13.9 Å². The summed E-state index contributed by atoms with van der Waals surface area (Å²) in [6.07, 6.45) is 5.97. The monoisotopic (exact) mass is 341 g/mol. The maximum Gasteiger partial charge on any atom is 0.410 e. The van der Waals surface area contributed by atoms with Crippen LogP contribution in [-0.4, -0.2) is 44.1 Å². The molecule has 1 heterocycles. The molecule has 23 heavy (non-hydrogen) atoms. The van der Waals surface area contributed by atoms with Gasteiger partial charge >= 0.3 is 6.09 Å². The van der Waals surface area contributed by atoms with Crippen molar-refractivity contribution in [2.24, 2.45) is 0 Å². The minimum atomic E-state index is -1.71. The van der Waals surface area contributed by atoms with Crippen LogP contribution in [0.25, 0.3) is 0 Å². The lowest BCUT2D eigenvalue weighted by molar-refractivity contribution is 0.0255. The summed E-state index contributed by atoms with van der Waals surface area (Å²) in [6, 6.07) is 0.132. The van der Waals surface area contributed by atoms with E-state index >= 15 is 0 Å². The van der Waals surface area contributed by atoms with Crippen molar-refractivity contribution in [1.82, 2.24) is 4.90 Å². The van der Waals surface area contributed by atoms with Gasteiger partial charge in [0.05, 0.1) is 12.6 Å². The van der Waals surface area contributed by atoms with Gasteiger partial charge in [0, 0.05) is 6.54 Å². The van der Waals surface area contributed by atoms with Crippen molar-refractivity contribution in [2.75, 3.05) is 13.2 Å². The Morgan fingerprint density at radius 1 is 1.22 bits per heavy atom. The summed E-state index contributed by atoms with van der Waals surface area (Å²) in [5.74, 6) is 0. The first kappa shape index (κ1) is 20.2. The van der Waals surface area contributed by atoms with E-state index in [2.05, 4.69) is 46.0 Å². The average molecular weight is 342 g/mol. The van der Waals surface area contributed by atoms with Crippen molar-refractivity contribution >= 4 is 14.4 Å². The van der Waals surface area contributed by atoms with Crippen molar-refractivity contribution in [1.29, 1.82) is 0 Å². The fraction of sp³-hybridized carbons (Fsp3) is 0.833. The molecule has 0 bridgehead atoms. The quantitative estimate of drug-likeness (QED) is 0.535. The highest BCUT2D eigenvalue weighted by atomic mass is 28.4. The van der Waals surface area contributed by atoms with Crippen LogP contribution in [0.1, 0.15) is 54.4 Å². The average Bonchev–Trinajstić information content (AvgIpc) is 2.79. The van der Waals surface area contributed by atoms with Crippen molar-refractivity contribution in [3.8, 4) is 0 Å². The fourth-order valence-electron chi connectivity index (χ4n) is 2.23. The lowest BCUT2D eigenvalue weighted by atomic mass is 10.2. The largest absolute Gasteiger partial charge is 0.444 e. The molecule has 0 aliphatic carbocycles. The molecule has 1 atom stereocenters. The number of nitrogens with zero attached hydrogens (tertiary/aromatic N) is 1. The van der Waals surface area contributed by atoms with Gasteiger partial charge in [0.15, 0.2) is 8.32 Å². The van der Waals surface area contributed by atoms with Crippen LogP contribution >= 0.6 is 0 Å².